The third-order valence-electron chi connectivity index (χ3n) is 1.49. The number of nitrogens with zero attached hydrogens (tertiary/aromatic N) is 1. The van der Waals surface area contributed by atoms with Crippen molar-refractivity contribution in [1.82, 2.24) is 10.3 Å². The van der Waals surface area contributed by atoms with Crippen molar-refractivity contribution in [3.05, 3.63) is 30.3 Å². The van der Waals surface area contributed by atoms with Crippen molar-refractivity contribution < 1.29 is 13.2 Å². The third kappa shape index (κ3) is 3.15. The molecule has 80 valence electrons. The van der Waals surface area contributed by atoms with Crippen molar-refractivity contribution in [2.45, 2.75) is 4.90 Å². The van der Waals surface area contributed by atoms with E-state index in [1.165, 1.54) is 12.1 Å². The summed E-state index contributed by atoms with van der Waals surface area (Å²) < 4.78 is 22.9. The molecule has 0 fully saturated rings. The molecule has 0 aliphatic carbocycles. The standard InChI is InChI=1S/C8H9N3O3S/c1-9-8(12)10-11-15(13,14)7-5-3-2-4-6-7/h2-6,11H,1H2,(H,10,12). The van der Waals surface area contributed by atoms with Crippen molar-refractivity contribution in [3.63, 3.8) is 0 Å². The van der Waals surface area contributed by atoms with Gasteiger partial charge in [-0.05, 0) is 18.9 Å². The summed E-state index contributed by atoms with van der Waals surface area (Å²) in [6, 6.07) is 6.76. The number of aliphatic imine (C=N–C) groups is 1. The zero-order valence-corrected chi connectivity index (χ0v) is 8.49. The number of rotatable bonds is 3. The maximum Gasteiger partial charge on any atom is 0.355 e. The van der Waals surface area contributed by atoms with E-state index in [0.717, 1.165) is 0 Å². The first-order valence-corrected chi connectivity index (χ1v) is 5.38. The normalized spacial score (nSPS) is 10.7. The molecule has 0 spiro atoms. The Morgan fingerprint density at radius 1 is 1.27 bits per heavy atom. The van der Waals surface area contributed by atoms with Gasteiger partial charge in [-0.3, -0.25) is 5.43 Å². The first-order valence-electron chi connectivity index (χ1n) is 3.90. The quantitative estimate of drug-likeness (QED) is 0.574. The predicted octanol–water partition coefficient (Wildman–Crippen LogP) is 0.290. The number of hydrogen-bond donors (Lipinski definition) is 2. The zero-order valence-electron chi connectivity index (χ0n) is 7.67. The molecule has 0 radical (unpaired) electrons. The van der Waals surface area contributed by atoms with Gasteiger partial charge in [-0.1, -0.05) is 18.2 Å². The van der Waals surface area contributed by atoms with Gasteiger partial charge in [-0.15, -0.1) is 4.83 Å². The maximum absolute atomic E-state index is 11.5. The third-order valence-corrected chi connectivity index (χ3v) is 2.75. The van der Waals surface area contributed by atoms with Gasteiger partial charge >= 0.3 is 6.03 Å². The van der Waals surface area contributed by atoms with Crippen molar-refractivity contribution in [2.24, 2.45) is 4.99 Å². The highest BCUT2D eigenvalue weighted by Crippen LogP contribution is 2.05. The number of hydrogen-bond acceptors (Lipinski definition) is 3. The van der Waals surface area contributed by atoms with Crippen LogP contribution in [-0.2, 0) is 10.0 Å². The van der Waals surface area contributed by atoms with Gasteiger partial charge in [0.15, 0.2) is 0 Å². The minimum atomic E-state index is -3.74. The lowest BCUT2D eigenvalue weighted by molar-refractivity contribution is 0.248. The Morgan fingerprint density at radius 3 is 2.40 bits per heavy atom. The molecule has 0 saturated carbocycles. The number of benzene rings is 1. The number of sulfonamides is 1. The average Bonchev–Trinajstić information content (AvgIpc) is 2.27. The highest BCUT2D eigenvalue weighted by atomic mass is 32.2. The molecular weight excluding hydrogens is 218 g/mol. The van der Waals surface area contributed by atoms with Crippen LogP contribution in [0.4, 0.5) is 4.79 Å². The Labute approximate surface area is 87.0 Å². The predicted molar refractivity (Wildman–Crippen MR) is 54.8 cm³/mol. The van der Waals surface area contributed by atoms with Gasteiger partial charge < -0.3 is 0 Å². The smallest absolute Gasteiger partial charge is 0.257 e. The van der Waals surface area contributed by atoms with Gasteiger partial charge in [-0.2, -0.15) is 0 Å². The molecule has 0 heterocycles. The van der Waals surface area contributed by atoms with E-state index in [-0.39, 0.29) is 4.90 Å². The first kappa shape index (κ1) is 11.3. The Hall–Kier alpha value is -1.73. The second-order valence-corrected chi connectivity index (χ2v) is 4.19. The topological polar surface area (TPSA) is 87.6 Å². The van der Waals surface area contributed by atoms with E-state index in [0.29, 0.717) is 0 Å². The van der Waals surface area contributed by atoms with Crippen LogP contribution in [0.25, 0.3) is 0 Å². The van der Waals surface area contributed by atoms with Crippen LogP contribution < -0.4 is 10.3 Å². The summed E-state index contributed by atoms with van der Waals surface area (Å²) in [5, 5.41) is 0. The molecule has 0 aliphatic heterocycles. The summed E-state index contributed by atoms with van der Waals surface area (Å²) in [6.07, 6.45) is 0. The molecule has 0 aliphatic rings. The van der Waals surface area contributed by atoms with Gasteiger partial charge in [0.1, 0.15) is 0 Å². The van der Waals surface area contributed by atoms with Crippen LogP contribution in [0.1, 0.15) is 0 Å². The summed E-state index contributed by atoms with van der Waals surface area (Å²) in [7, 11) is -3.74. The van der Waals surface area contributed by atoms with Crippen LogP contribution >= 0.6 is 0 Å². The molecule has 0 unspecified atom stereocenters. The van der Waals surface area contributed by atoms with E-state index in [2.05, 4.69) is 11.7 Å². The van der Waals surface area contributed by atoms with Crippen LogP contribution in [0.5, 0.6) is 0 Å². The number of carbonyl (C=O) groups is 1. The Bertz CT molecular complexity index is 455. The molecule has 1 rings (SSSR count). The van der Waals surface area contributed by atoms with E-state index in [1.54, 1.807) is 18.2 Å². The SMILES string of the molecule is C=NC(=O)NNS(=O)(=O)c1ccccc1. The summed E-state index contributed by atoms with van der Waals surface area (Å²) in [4.78, 5) is 15.5. The van der Waals surface area contributed by atoms with Crippen molar-refractivity contribution >= 4 is 22.8 Å². The Balaban J connectivity index is 2.77. The fraction of sp³-hybridized carbons (Fsp3) is 0. The van der Waals surface area contributed by atoms with Crippen LogP contribution in [0, 0.1) is 0 Å². The lowest BCUT2D eigenvalue weighted by Crippen LogP contribution is -2.39. The lowest BCUT2D eigenvalue weighted by Gasteiger charge is -2.05. The molecule has 6 nitrogen and oxygen atoms in total. The maximum atomic E-state index is 11.5. The minimum absolute atomic E-state index is 0.0503. The summed E-state index contributed by atoms with van der Waals surface area (Å²) in [5.74, 6) is 0. The van der Waals surface area contributed by atoms with Gasteiger partial charge in [-0.25, -0.2) is 18.2 Å². The lowest BCUT2D eigenvalue weighted by atomic mass is 10.4. The van der Waals surface area contributed by atoms with Crippen LogP contribution in [0.15, 0.2) is 40.2 Å². The summed E-state index contributed by atoms with van der Waals surface area (Å²) in [6.45, 7) is 2.94. The highest BCUT2D eigenvalue weighted by Gasteiger charge is 2.13. The number of nitrogens with one attached hydrogen (secondary N) is 2. The number of urea groups is 1. The molecule has 0 bridgehead atoms. The van der Waals surface area contributed by atoms with Crippen molar-refractivity contribution in [3.8, 4) is 0 Å². The van der Waals surface area contributed by atoms with Gasteiger partial charge in [0.2, 0.25) is 0 Å². The van der Waals surface area contributed by atoms with E-state index < -0.39 is 16.1 Å². The van der Waals surface area contributed by atoms with Crippen molar-refractivity contribution in [1.29, 1.82) is 0 Å². The monoisotopic (exact) mass is 227 g/mol. The summed E-state index contributed by atoms with van der Waals surface area (Å²) in [5.41, 5.74) is 1.87. The van der Waals surface area contributed by atoms with Gasteiger partial charge in [0.05, 0.1) is 4.90 Å². The van der Waals surface area contributed by atoms with E-state index >= 15 is 0 Å². The first-order chi connectivity index (χ1) is 7.06. The molecule has 7 heteroatoms. The molecule has 0 atom stereocenters. The molecule has 0 aromatic heterocycles. The average molecular weight is 227 g/mol. The van der Waals surface area contributed by atoms with Crippen LogP contribution in [-0.4, -0.2) is 21.2 Å². The number of carbonyl (C=O) groups excluding carboxylic acids is 1. The second-order valence-electron chi connectivity index (χ2n) is 2.51. The molecule has 0 saturated heterocycles. The zero-order chi connectivity index (χ0) is 11.3. The van der Waals surface area contributed by atoms with Crippen LogP contribution in [0.3, 0.4) is 0 Å². The second kappa shape index (κ2) is 4.67. The summed E-state index contributed by atoms with van der Waals surface area (Å²) >= 11 is 0. The van der Waals surface area contributed by atoms with Crippen molar-refractivity contribution in [2.75, 3.05) is 0 Å². The van der Waals surface area contributed by atoms with Gasteiger partial charge in [0, 0.05) is 0 Å². The highest BCUT2D eigenvalue weighted by molar-refractivity contribution is 7.89. The van der Waals surface area contributed by atoms with E-state index in [4.69, 9.17) is 0 Å². The molecule has 15 heavy (non-hydrogen) atoms. The fourth-order valence-corrected chi connectivity index (χ4v) is 1.66. The van der Waals surface area contributed by atoms with Crippen LogP contribution in [0.2, 0.25) is 0 Å². The van der Waals surface area contributed by atoms with Gasteiger partial charge in [0.25, 0.3) is 10.0 Å². The van der Waals surface area contributed by atoms with E-state index in [9.17, 15) is 13.2 Å². The molecule has 1 aromatic carbocycles. The fourth-order valence-electron chi connectivity index (χ4n) is 0.809. The largest absolute Gasteiger partial charge is 0.355 e. The Morgan fingerprint density at radius 2 is 1.87 bits per heavy atom. The molecule has 2 amide bonds. The molecular formula is C8H9N3O3S. The Kier molecular flexibility index (Phi) is 3.53. The molecule has 1 aromatic rings. The van der Waals surface area contributed by atoms with E-state index in [1.807, 2.05) is 10.3 Å². The number of hydrazine groups is 1. The minimum Gasteiger partial charge on any atom is -0.257 e. The molecule has 2 N–H and O–H groups in total. The number of amides is 2.